The summed E-state index contributed by atoms with van der Waals surface area (Å²) in [7, 11) is 0. The first-order valence-corrected chi connectivity index (χ1v) is 6.59. The number of fused-ring (bicyclic) bond motifs is 3. The van der Waals surface area contributed by atoms with E-state index < -0.39 is 0 Å². The normalized spacial score (nSPS) is 42.7. The van der Waals surface area contributed by atoms with Crippen molar-refractivity contribution in [2.45, 2.75) is 39.7 Å². The topological polar surface area (TPSA) is 43.4 Å². The van der Waals surface area contributed by atoms with Gasteiger partial charge in [-0.15, -0.1) is 0 Å². The molecule has 96 valence electrons. The Labute approximate surface area is 107 Å². The molecule has 3 aliphatic rings. The summed E-state index contributed by atoms with van der Waals surface area (Å²) in [4.78, 5) is 23.6. The summed E-state index contributed by atoms with van der Waals surface area (Å²) in [6, 6.07) is 0. The maximum absolute atomic E-state index is 11.9. The molecule has 1 saturated heterocycles. The summed E-state index contributed by atoms with van der Waals surface area (Å²) in [5, 5.41) is 0. The second-order valence-corrected chi connectivity index (χ2v) is 6.00. The molecule has 0 aromatic carbocycles. The molecule has 1 heterocycles. The summed E-state index contributed by atoms with van der Waals surface area (Å²) < 4.78 is 5.55. The molecule has 3 nitrogen and oxygen atoms in total. The van der Waals surface area contributed by atoms with Crippen LogP contribution in [0.5, 0.6) is 0 Å². The average molecular weight is 246 g/mol. The van der Waals surface area contributed by atoms with E-state index in [2.05, 4.69) is 6.92 Å². The van der Waals surface area contributed by atoms with Crippen molar-refractivity contribution in [1.82, 2.24) is 0 Å². The Morgan fingerprint density at radius 1 is 1.39 bits per heavy atom. The molecule has 0 N–H and O–H groups in total. The first kappa shape index (κ1) is 11.7. The van der Waals surface area contributed by atoms with Gasteiger partial charge in [0.05, 0.1) is 5.92 Å². The van der Waals surface area contributed by atoms with Gasteiger partial charge in [0.2, 0.25) is 0 Å². The molecule has 4 atom stereocenters. The van der Waals surface area contributed by atoms with E-state index in [0.717, 1.165) is 24.0 Å². The quantitative estimate of drug-likeness (QED) is 0.616. The largest absolute Gasteiger partial charge is 0.457 e. The highest BCUT2D eigenvalue weighted by atomic mass is 16.6. The van der Waals surface area contributed by atoms with Gasteiger partial charge in [-0.05, 0) is 31.4 Å². The number of hydrogen-bond donors (Lipinski definition) is 0. The zero-order chi connectivity index (χ0) is 13.1. The highest BCUT2D eigenvalue weighted by Crippen LogP contribution is 2.52. The van der Waals surface area contributed by atoms with Crippen molar-refractivity contribution in [1.29, 1.82) is 0 Å². The Balaban J connectivity index is 2.10. The van der Waals surface area contributed by atoms with Crippen molar-refractivity contribution in [2.24, 2.45) is 17.3 Å². The number of esters is 1. The Hall–Kier alpha value is -1.38. The number of carbonyl (C=O) groups excluding carboxylic acids is 2. The van der Waals surface area contributed by atoms with Gasteiger partial charge in [0.25, 0.3) is 0 Å². The molecule has 2 fully saturated rings. The maximum Gasteiger partial charge on any atom is 0.309 e. The fourth-order valence-electron chi connectivity index (χ4n) is 3.69. The van der Waals surface area contributed by atoms with Crippen LogP contribution in [0, 0.1) is 17.3 Å². The van der Waals surface area contributed by atoms with Crippen LogP contribution in [-0.2, 0) is 14.3 Å². The lowest BCUT2D eigenvalue weighted by atomic mass is 9.62. The summed E-state index contributed by atoms with van der Waals surface area (Å²) in [5.41, 5.74) is 1.71. The zero-order valence-electron chi connectivity index (χ0n) is 11.0. The van der Waals surface area contributed by atoms with Crippen LogP contribution in [0.3, 0.4) is 0 Å². The summed E-state index contributed by atoms with van der Waals surface area (Å²) in [5.74, 6) is 0.144. The van der Waals surface area contributed by atoms with Crippen molar-refractivity contribution >= 4 is 11.8 Å². The minimum absolute atomic E-state index is 0.0409. The zero-order valence-corrected chi connectivity index (χ0v) is 11.0. The van der Waals surface area contributed by atoms with Crippen molar-refractivity contribution in [3.05, 3.63) is 23.3 Å². The molecule has 2 aliphatic carbocycles. The minimum Gasteiger partial charge on any atom is -0.457 e. The molecule has 1 aliphatic heterocycles. The average Bonchev–Trinajstić information content (AvgIpc) is 2.60. The van der Waals surface area contributed by atoms with Gasteiger partial charge in [0.15, 0.2) is 5.78 Å². The lowest BCUT2D eigenvalue weighted by Gasteiger charge is -2.42. The van der Waals surface area contributed by atoms with Crippen LogP contribution in [0.15, 0.2) is 23.3 Å². The fourth-order valence-corrected chi connectivity index (χ4v) is 3.69. The number of ether oxygens (including phenoxy) is 1. The van der Waals surface area contributed by atoms with Crippen LogP contribution in [0.4, 0.5) is 0 Å². The monoisotopic (exact) mass is 246 g/mol. The van der Waals surface area contributed by atoms with Gasteiger partial charge in [-0.1, -0.05) is 19.9 Å². The number of hydrogen-bond acceptors (Lipinski definition) is 3. The van der Waals surface area contributed by atoms with Crippen LogP contribution < -0.4 is 0 Å². The molecule has 1 saturated carbocycles. The summed E-state index contributed by atoms with van der Waals surface area (Å²) in [6.45, 7) is 5.94. The molecule has 0 unspecified atom stereocenters. The molecular formula is C15H18O3. The third-order valence-electron chi connectivity index (χ3n) is 4.92. The Morgan fingerprint density at radius 2 is 2.11 bits per heavy atom. The standard InChI is InChI=1S/C15H18O3/c1-8-10-4-6-15(3)7-5-11(16)9(2)12(15)13(10)18-14(8)17/h5,7-8,10,13H,4,6H2,1-3H3/t8-,10+,13-,15+/m1/s1. The van der Waals surface area contributed by atoms with Gasteiger partial charge >= 0.3 is 5.97 Å². The molecule has 0 radical (unpaired) electrons. The van der Waals surface area contributed by atoms with E-state index in [9.17, 15) is 9.59 Å². The SMILES string of the molecule is CC1=C2[C@@H]3OC(=O)[C@H](C)[C@@H]3CC[C@@]2(C)C=CC1=O. The minimum atomic E-state index is -0.180. The van der Waals surface area contributed by atoms with E-state index in [-0.39, 0.29) is 35.1 Å². The van der Waals surface area contributed by atoms with Crippen LogP contribution in [-0.4, -0.2) is 17.9 Å². The van der Waals surface area contributed by atoms with Crippen LogP contribution in [0.1, 0.15) is 33.6 Å². The second-order valence-electron chi connectivity index (χ2n) is 6.00. The number of ketones is 1. The van der Waals surface area contributed by atoms with Gasteiger partial charge in [-0.3, -0.25) is 9.59 Å². The maximum atomic E-state index is 11.9. The highest BCUT2D eigenvalue weighted by molar-refractivity contribution is 6.05. The van der Waals surface area contributed by atoms with Gasteiger partial charge in [0, 0.05) is 16.9 Å². The molecule has 0 spiro atoms. The lowest BCUT2D eigenvalue weighted by Crippen LogP contribution is -2.39. The predicted molar refractivity (Wildman–Crippen MR) is 66.7 cm³/mol. The Morgan fingerprint density at radius 3 is 2.83 bits per heavy atom. The van der Waals surface area contributed by atoms with Crippen molar-refractivity contribution in [3.8, 4) is 0 Å². The first-order valence-electron chi connectivity index (χ1n) is 6.59. The van der Waals surface area contributed by atoms with Crippen molar-refractivity contribution in [3.63, 3.8) is 0 Å². The van der Waals surface area contributed by atoms with E-state index in [4.69, 9.17) is 4.74 Å². The molecule has 0 amide bonds. The van der Waals surface area contributed by atoms with Gasteiger partial charge < -0.3 is 4.74 Å². The first-order chi connectivity index (χ1) is 8.44. The van der Waals surface area contributed by atoms with Crippen molar-refractivity contribution < 1.29 is 14.3 Å². The Bertz CT molecular complexity index is 500. The van der Waals surface area contributed by atoms with Gasteiger partial charge in [0.1, 0.15) is 6.10 Å². The lowest BCUT2D eigenvalue weighted by molar-refractivity contribution is -0.143. The smallest absolute Gasteiger partial charge is 0.309 e. The molecule has 0 aromatic heterocycles. The predicted octanol–water partition coefficient (Wildman–Crippen LogP) is 2.42. The van der Waals surface area contributed by atoms with Crippen LogP contribution in [0.2, 0.25) is 0 Å². The van der Waals surface area contributed by atoms with E-state index in [1.54, 1.807) is 6.08 Å². The van der Waals surface area contributed by atoms with Crippen LogP contribution >= 0.6 is 0 Å². The summed E-state index contributed by atoms with van der Waals surface area (Å²) >= 11 is 0. The second kappa shape index (κ2) is 3.56. The number of allylic oxidation sites excluding steroid dienone is 3. The third kappa shape index (κ3) is 1.36. The molecule has 18 heavy (non-hydrogen) atoms. The van der Waals surface area contributed by atoms with E-state index in [0.29, 0.717) is 0 Å². The molecule has 3 heteroatoms. The molecule has 3 rings (SSSR count). The summed E-state index contributed by atoms with van der Waals surface area (Å²) in [6.07, 6.45) is 5.46. The molecular weight excluding hydrogens is 228 g/mol. The van der Waals surface area contributed by atoms with Gasteiger partial charge in [-0.25, -0.2) is 0 Å². The molecule has 0 bridgehead atoms. The molecule has 0 aromatic rings. The van der Waals surface area contributed by atoms with E-state index in [1.807, 2.05) is 19.9 Å². The van der Waals surface area contributed by atoms with E-state index in [1.165, 1.54) is 0 Å². The Kier molecular flexibility index (Phi) is 2.31. The fraction of sp³-hybridized carbons (Fsp3) is 0.600. The van der Waals surface area contributed by atoms with Crippen LogP contribution in [0.25, 0.3) is 0 Å². The van der Waals surface area contributed by atoms with Gasteiger partial charge in [-0.2, -0.15) is 0 Å². The van der Waals surface area contributed by atoms with Crippen molar-refractivity contribution in [2.75, 3.05) is 0 Å². The number of rotatable bonds is 0. The number of carbonyl (C=O) groups is 2. The van der Waals surface area contributed by atoms with E-state index >= 15 is 0 Å². The third-order valence-corrected chi connectivity index (χ3v) is 4.92. The highest BCUT2D eigenvalue weighted by Gasteiger charge is 2.52.